The number of pyridine rings is 1. The molecule has 1 aromatic rings. The normalized spacial score (nSPS) is 22.3. The van der Waals surface area contributed by atoms with Crippen molar-refractivity contribution in [2.24, 2.45) is 0 Å². The summed E-state index contributed by atoms with van der Waals surface area (Å²) in [5.74, 6) is -1.12. The second-order valence-electron chi connectivity index (χ2n) is 4.58. The van der Waals surface area contributed by atoms with Crippen molar-refractivity contribution in [3.8, 4) is 0 Å². The van der Waals surface area contributed by atoms with Crippen molar-refractivity contribution >= 4 is 17.7 Å². The number of aromatic nitrogens is 1. The molecular formula is C12H15N3O4. The fourth-order valence-electron chi connectivity index (χ4n) is 2.09. The first-order chi connectivity index (χ1) is 8.97. The molecule has 0 aromatic carbocycles. The molecule has 2 amide bonds. The summed E-state index contributed by atoms with van der Waals surface area (Å²) in [6, 6.07) is 0.191. The number of carbonyl (C=O) groups excluding carboxylic acids is 1. The average Bonchev–Trinajstić information content (AvgIpc) is 2.71. The third-order valence-electron chi connectivity index (χ3n) is 2.95. The molecule has 1 aromatic heterocycles. The van der Waals surface area contributed by atoms with Gasteiger partial charge in [-0.05, 0) is 18.6 Å². The molecule has 2 rings (SSSR count). The minimum Gasteiger partial charge on any atom is -0.480 e. The van der Waals surface area contributed by atoms with E-state index in [9.17, 15) is 14.7 Å². The van der Waals surface area contributed by atoms with Gasteiger partial charge in [-0.2, -0.15) is 0 Å². The van der Waals surface area contributed by atoms with Crippen LogP contribution >= 0.6 is 0 Å². The van der Waals surface area contributed by atoms with E-state index in [1.54, 1.807) is 12.3 Å². The summed E-state index contributed by atoms with van der Waals surface area (Å²) in [5.41, 5.74) is 1.38. The molecule has 1 fully saturated rings. The van der Waals surface area contributed by atoms with Crippen LogP contribution in [-0.4, -0.2) is 50.8 Å². The van der Waals surface area contributed by atoms with E-state index in [0.717, 1.165) is 10.5 Å². The maximum absolute atomic E-state index is 12.0. The quantitative estimate of drug-likeness (QED) is 0.720. The number of aliphatic hydroxyl groups is 1. The van der Waals surface area contributed by atoms with E-state index in [0.29, 0.717) is 5.69 Å². The second-order valence-corrected chi connectivity index (χ2v) is 4.58. The van der Waals surface area contributed by atoms with Gasteiger partial charge in [-0.1, -0.05) is 0 Å². The van der Waals surface area contributed by atoms with E-state index in [2.05, 4.69) is 10.3 Å². The summed E-state index contributed by atoms with van der Waals surface area (Å²) < 4.78 is 0. The molecule has 0 bridgehead atoms. The number of nitrogens with one attached hydrogen (secondary N) is 1. The van der Waals surface area contributed by atoms with Crippen LogP contribution in [0.3, 0.4) is 0 Å². The highest BCUT2D eigenvalue weighted by Crippen LogP contribution is 2.19. The Hall–Kier alpha value is -2.15. The second kappa shape index (κ2) is 5.23. The van der Waals surface area contributed by atoms with Gasteiger partial charge >= 0.3 is 12.0 Å². The van der Waals surface area contributed by atoms with Gasteiger partial charge in [0.1, 0.15) is 6.04 Å². The predicted molar refractivity (Wildman–Crippen MR) is 66.7 cm³/mol. The van der Waals surface area contributed by atoms with Gasteiger partial charge in [0, 0.05) is 19.2 Å². The van der Waals surface area contributed by atoms with E-state index in [1.165, 1.54) is 6.20 Å². The fraction of sp³-hybridized carbons (Fsp3) is 0.417. The monoisotopic (exact) mass is 265 g/mol. The number of carboxylic acids is 1. The molecule has 1 saturated heterocycles. The Kier molecular flexibility index (Phi) is 3.66. The number of β-amino-alcohol motifs (C(OH)–C–C–N with tert-alkyl or cyclic N) is 1. The van der Waals surface area contributed by atoms with E-state index in [1.807, 2.05) is 6.92 Å². The zero-order chi connectivity index (χ0) is 14.0. The lowest BCUT2D eigenvalue weighted by atomic mass is 10.2. The van der Waals surface area contributed by atoms with Crippen molar-refractivity contribution in [2.45, 2.75) is 25.5 Å². The van der Waals surface area contributed by atoms with E-state index in [4.69, 9.17) is 5.11 Å². The lowest BCUT2D eigenvalue weighted by Crippen LogP contribution is -2.43. The first-order valence-corrected chi connectivity index (χ1v) is 5.87. The number of anilines is 1. The highest BCUT2D eigenvalue weighted by Gasteiger charge is 2.38. The van der Waals surface area contributed by atoms with Crippen molar-refractivity contribution in [3.63, 3.8) is 0 Å². The number of aliphatic hydroxyl groups excluding tert-OH is 1. The number of nitrogens with zero attached hydrogens (tertiary/aromatic N) is 2. The fourth-order valence-corrected chi connectivity index (χ4v) is 2.09. The molecule has 102 valence electrons. The Morgan fingerprint density at radius 2 is 2.21 bits per heavy atom. The van der Waals surface area contributed by atoms with Crippen molar-refractivity contribution in [1.82, 2.24) is 9.88 Å². The highest BCUT2D eigenvalue weighted by molar-refractivity contribution is 5.92. The van der Waals surface area contributed by atoms with Crippen molar-refractivity contribution in [2.75, 3.05) is 11.9 Å². The van der Waals surface area contributed by atoms with Gasteiger partial charge in [0.2, 0.25) is 0 Å². The van der Waals surface area contributed by atoms with Crippen molar-refractivity contribution in [1.29, 1.82) is 0 Å². The molecule has 0 spiro atoms. The number of urea groups is 1. The first kappa shape index (κ1) is 13.3. The topological polar surface area (TPSA) is 103 Å². The summed E-state index contributed by atoms with van der Waals surface area (Å²) >= 11 is 0. The maximum Gasteiger partial charge on any atom is 0.326 e. The molecule has 0 aliphatic carbocycles. The molecule has 1 unspecified atom stereocenters. The highest BCUT2D eigenvalue weighted by atomic mass is 16.4. The number of likely N-dealkylation sites (tertiary alicyclic amines) is 1. The SMILES string of the molecule is Cc1cncc(NC(=O)N2CC(O)C[C@H]2C(=O)O)c1. The molecule has 19 heavy (non-hydrogen) atoms. The third kappa shape index (κ3) is 3.00. The van der Waals surface area contributed by atoms with Gasteiger partial charge in [0.25, 0.3) is 0 Å². The van der Waals surface area contributed by atoms with E-state index >= 15 is 0 Å². The van der Waals surface area contributed by atoms with Crippen LogP contribution < -0.4 is 5.32 Å². The number of amides is 2. The first-order valence-electron chi connectivity index (χ1n) is 5.87. The number of rotatable bonds is 2. The molecule has 2 heterocycles. The Bertz CT molecular complexity index is 506. The lowest BCUT2D eigenvalue weighted by Gasteiger charge is -2.21. The minimum absolute atomic E-state index is 0.0159. The van der Waals surface area contributed by atoms with Crippen molar-refractivity contribution < 1.29 is 19.8 Å². The molecule has 1 aliphatic rings. The summed E-state index contributed by atoms with van der Waals surface area (Å²) in [6.45, 7) is 1.85. The summed E-state index contributed by atoms with van der Waals surface area (Å²) in [6.07, 6.45) is 2.37. The van der Waals surface area contributed by atoms with E-state index in [-0.39, 0.29) is 13.0 Å². The van der Waals surface area contributed by atoms with Crippen LogP contribution in [0.15, 0.2) is 18.5 Å². The zero-order valence-corrected chi connectivity index (χ0v) is 10.4. The van der Waals surface area contributed by atoms with Crippen LogP contribution in [0, 0.1) is 6.92 Å². The van der Waals surface area contributed by atoms with Crippen LogP contribution in [0.5, 0.6) is 0 Å². The Morgan fingerprint density at radius 3 is 2.84 bits per heavy atom. The molecule has 2 atom stereocenters. The number of aliphatic carboxylic acids is 1. The lowest BCUT2D eigenvalue weighted by molar-refractivity contribution is -0.141. The van der Waals surface area contributed by atoms with Gasteiger partial charge < -0.3 is 20.4 Å². The maximum atomic E-state index is 12.0. The van der Waals surface area contributed by atoms with Gasteiger partial charge in [-0.15, -0.1) is 0 Å². The van der Waals surface area contributed by atoms with Gasteiger partial charge in [-0.25, -0.2) is 9.59 Å². The summed E-state index contributed by atoms with van der Waals surface area (Å²) in [5, 5.41) is 21.1. The van der Waals surface area contributed by atoms with E-state index < -0.39 is 24.1 Å². The zero-order valence-electron chi connectivity index (χ0n) is 10.4. The van der Waals surface area contributed by atoms with Crippen LogP contribution in [0.4, 0.5) is 10.5 Å². The van der Waals surface area contributed by atoms with Crippen LogP contribution in [0.25, 0.3) is 0 Å². The molecule has 0 radical (unpaired) electrons. The van der Waals surface area contributed by atoms with Crippen molar-refractivity contribution in [3.05, 3.63) is 24.0 Å². The standard InChI is InChI=1S/C12H15N3O4/c1-7-2-8(5-13-4-7)14-12(19)15-6-9(16)3-10(15)11(17)18/h2,4-5,9-10,16H,3,6H2,1H3,(H,14,19)(H,17,18)/t9?,10-/m0/s1. The number of hydrogen-bond donors (Lipinski definition) is 3. The van der Waals surface area contributed by atoms with Gasteiger partial charge in [-0.3, -0.25) is 4.98 Å². The third-order valence-corrected chi connectivity index (χ3v) is 2.95. The van der Waals surface area contributed by atoms with Crippen LogP contribution in [-0.2, 0) is 4.79 Å². The number of hydrogen-bond acceptors (Lipinski definition) is 4. The Balaban J connectivity index is 2.09. The number of carbonyl (C=O) groups is 2. The molecule has 7 nitrogen and oxygen atoms in total. The largest absolute Gasteiger partial charge is 0.480 e. The number of carboxylic acid groups (broad SMARTS) is 1. The molecule has 7 heteroatoms. The Morgan fingerprint density at radius 1 is 1.47 bits per heavy atom. The molecule has 3 N–H and O–H groups in total. The van der Waals surface area contributed by atoms with Crippen LogP contribution in [0.1, 0.15) is 12.0 Å². The summed E-state index contributed by atoms with van der Waals surface area (Å²) in [7, 11) is 0. The number of aryl methyl sites for hydroxylation is 1. The average molecular weight is 265 g/mol. The predicted octanol–water partition coefficient (Wildman–Crippen LogP) is 0.442. The van der Waals surface area contributed by atoms with Gasteiger partial charge in [0.05, 0.1) is 18.0 Å². The molecular weight excluding hydrogens is 250 g/mol. The molecule has 1 aliphatic heterocycles. The summed E-state index contributed by atoms with van der Waals surface area (Å²) in [4.78, 5) is 28.1. The van der Waals surface area contributed by atoms with Gasteiger partial charge in [0.15, 0.2) is 0 Å². The Labute approximate surface area is 109 Å². The van der Waals surface area contributed by atoms with Crippen LogP contribution in [0.2, 0.25) is 0 Å². The molecule has 0 saturated carbocycles. The smallest absolute Gasteiger partial charge is 0.326 e. The minimum atomic E-state index is -1.12.